The maximum atomic E-state index is 12.4. The minimum Gasteiger partial charge on any atom is -0.480 e. The minimum absolute atomic E-state index is 0.229. The highest BCUT2D eigenvalue weighted by atomic mass is 16.6. The largest absolute Gasteiger partial charge is 0.480 e. The van der Waals surface area contributed by atoms with Crippen molar-refractivity contribution in [2.24, 2.45) is 0 Å². The number of hydrogen-bond acceptors (Lipinski definition) is 5. The molecule has 3 rings (SSSR count). The highest BCUT2D eigenvalue weighted by Gasteiger charge is 2.44. The van der Waals surface area contributed by atoms with Crippen molar-refractivity contribution in [2.45, 2.75) is 95.7 Å². The number of ether oxygens (including phenoxy) is 1. The summed E-state index contributed by atoms with van der Waals surface area (Å²) < 4.78 is 5.38. The van der Waals surface area contributed by atoms with Gasteiger partial charge in [0.25, 0.3) is 0 Å². The number of likely N-dealkylation sites (tertiary alicyclic amines) is 1. The fraction of sp³-hybridized carbons (Fsp3) is 0.680. The van der Waals surface area contributed by atoms with E-state index in [1.54, 1.807) is 0 Å². The number of aliphatic carboxylic acids is 1. The number of rotatable bonds is 5. The Balaban J connectivity index is 1.61. The van der Waals surface area contributed by atoms with Crippen LogP contribution in [0.4, 0.5) is 16.2 Å². The molecule has 0 aromatic heterocycles. The monoisotopic (exact) mass is 445 g/mol. The molecule has 1 saturated carbocycles. The second-order valence-electron chi connectivity index (χ2n) is 10.2. The van der Waals surface area contributed by atoms with Crippen molar-refractivity contribution in [3.05, 3.63) is 24.3 Å². The van der Waals surface area contributed by atoms with E-state index in [-0.39, 0.29) is 6.04 Å². The molecule has 1 aromatic rings. The summed E-state index contributed by atoms with van der Waals surface area (Å²) in [4.78, 5) is 26.8. The lowest BCUT2D eigenvalue weighted by molar-refractivity contribution is -0.154. The first-order valence-corrected chi connectivity index (χ1v) is 12.0. The number of amides is 1. The molecule has 1 saturated heterocycles. The first-order valence-electron chi connectivity index (χ1n) is 12.0. The van der Waals surface area contributed by atoms with Gasteiger partial charge in [-0.1, -0.05) is 44.2 Å². The lowest BCUT2D eigenvalue weighted by atomic mass is 9.81. The molecule has 0 radical (unpaired) electrons. The number of nitrogens with one attached hydrogen (secondary N) is 2. The van der Waals surface area contributed by atoms with Crippen LogP contribution in [0.15, 0.2) is 24.3 Å². The quantitative estimate of drug-likeness (QED) is 0.556. The van der Waals surface area contributed by atoms with Crippen LogP contribution in [-0.2, 0) is 9.53 Å². The normalized spacial score (nSPS) is 20.6. The SMILES string of the molecule is CC(C)(C)OC(=O)Nc1ccccc1NC1CCN(C2(C(=O)O)CCCCCCC2)CC1. The Morgan fingerprint density at radius 3 is 2.12 bits per heavy atom. The van der Waals surface area contributed by atoms with Crippen molar-refractivity contribution < 1.29 is 19.4 Å². The predicted molar refractivity (Wildman–Crippen MR) is 127 cm³/mol. The van der Waals surface area contributed by atoms with Gasteiger partial charge in [-0.15, -0.1) is 0 Å². The minimum atomic E-state index is -0.707. The van der Waals surface area contributed by atoms with Crippen LogP contribution < -0.4 is 10.6 Å². The number of anilines is 2. The summed E-state index contributed by atoms with van der Waals surface area (Å²) in [5, 5.41) is 16.6. The smallest absolute Gasteiger partial charge is 0.412 e. The number of carboxylic acids is 1. The number of nitrogens with zero attached hydrogens (tertiary/aromatic N) is 1. The van der Waals surface area contributed by atoms with E-state index in [2.05, 4.69) is 15.5 Å². The van der Waals surface area contributed by atoms with E-state index in [1.807, 2.05) is 45.0 Å². The molecule has 7 heteroatoms. The van der Waals surface area contributed by atoms with Gasteiger partial charge in [-0.25, -0.2) is 4.79 Å². The molecule has 7 nitrogen and oxygen atoms in total. The van der Waals surface area contributed by atoms with Gasteiger partial charge in [-0.2, -0.15) is 0 Å². The Bertz CT molecular complexity index is 774. The molecule has 1 aliphatic heterocycles. The van der Waals surface area contributed by atoms with Crippen molar-refractivity contribution in [3.63, 3.8) is 0 Å². The topological polar surface area (TPSA) is 90.9 Å². The molecule has 1 heterocycles. The molecule has 2 fully saturated rings. The van der Waals surface area contributed by atoms with Crippen LogP contribution >= 0.6 is 0 Å². The van der Waals surface area contributed by atoms with E-state index in [0.29, 0.717) is 5.69 Å². The van der Waals surface area contributed by atoms with Gasteiger partial charge < -0.3 is 15.2 Å². The van der Waals surface area contributed by atoms with Crippen LogP contribution in [0.1, 0.15) is 78.6 Å². The molecule has 0 unspecified atom stereocenters. The lowest BCUT2D eigenvalue weighted by Gasteiger charge is -2.45. The number of carbonyl (C=O) groups excluding carboxylic acids is 1. The Kier molecular flexibility index (Phi) is 8.04. The van der Waals surface area contributed by atoms with E-state index in [0.717, 1.165) is 70.1 Å². The van der Waals surface area contributed by atoms with E-state index in [1.165, 1.54) is 6.42 Å². The Morgan fingerprint density at radius 1 is 1.00 bits per heavy atom. The van der Waals surface area contributed by atoms with E-state index < -0.39 is 23.2 Å². The standard InChI is InChI=1S/C25H39N3O4/c1-24(2,3)32-23(31)27-21-12-8-7-11-20(21)26-19-13-17-28(18-14-19)25(22(29)30)15-9-5-4-6-10-16-25/h7-8,11-12,19,26H,4-6,9-10,13-18H2,1-3H3,(H,27,31)(H,29,30). The fourth-order valence-corrected chi connectivity index (χ4v) is 4.96. The zero-order chi connectivity index (χ0) is 23.2. The van der Waals surface area contributed by atoms with Crippen LogP contribution in [-0.4, -0.2) is 52.3 Å². The summed E-state index contributed by atoms with van der Waals surface area (Å²) in [6, 6.07) is 7.85. The number of carbonyl (C=O) groups is 2. The predicted octanol–water partition coefficient (Wildman–Crippen LogP) is 5.48. The first-order chi connectivity index (χ1) is 15.2. The number of hydrogen-bond donors (Lipinski definition) is 3. The van der Waals surface area contributed by atoms with Crippen LogP contribution in [0.3, 0.4) is 0 Å². The average Bonchev–Trinajstić information content (AvgIpc) is 2.69. The second-order valence-corrected chi connectivity index (χ2v) is 10.2. The van der Waals surface area contributed by atoms with Crippen LogP contribution in [0.5, 0.6) is 0 Å². The first kappa shape index (κ1) is 24.4. The molecule has 0 bridgehead atoms. The summed E-state index contributed by atoms with van der Waals surface area (Å²) in [6.07, 6.45) is 8.25. The molecule has 3 N–H and O–H groups in total. The number of para-hydroxylation sites is 2. The van der Waals surface area contributed by atoms with E-state index in [9.17, 15) is 14.7 Å². The van der Waals surface area contributed by atoms with Crippen molar-refractivity contribution in [3.8, 4) is 0 Å². The van der Waals surface area contributed by atoms with Gasteiger partial charge >= 0.3 is 12.1 Å². The van der Waals surface area contributed by atoms with Gasteiger partial charge in [-0.3, -0.25) is 15.0 Å². The maximum Gasteiger partial charge on any atom is 0.412 e. The lowest BCUT2D eigenvalue weighted by Crippen LogP contribution is -2.58. The van der Waals surface area contributed by atoms with Crippen LogP contribution in [0.2, 0.25) is 0 Å². The van der Waals surface area contributed by atoms with Gasteiger partial charge in [0.15, 0.2) is 0 Å². The molecule has 2 aliphatic rings. The zero-order valence-corrected chi connectivity index (χ0v) is 19.8. The molecule has 1 aromatic carbocycles. The van der Waals surface area contributed by atoms with Crippen LogP contribution in [0, 0.1) is 0 Å². The van der Waals surface area contributed by atoms with Gasteiger partial charge in [0, 0.05) is 19.1 Å². The molecule has 1 amide bonds. The number of piperidine rings is 1. The van der Waals surface area contributed by atoms with Gasteiger partial charge in [0.05, 0.1) is 11.4 Å². The molecular weight excluding hydrogens is 406 g/mol. The molecule has 0 atom stereocenters. The van der Waals surface area contributed by atoms with Crippen molar-refractivity contribution in [2.75, 3.05) is 23.7 Å². The van der Waals surface area contributed by atoms with Crippen molar-refractivity contribution in [1.29, 1.82) is 0 Å². The van der Waals surface area contributed by atoms with Gasteiger partial charge in [0.2, 0.25) is 0 Å². The average molecular weight is 446 g/mol. The Labute approximate surface area is 191 Å². The summed E-state index contributed by atoms with van der Waals surface area (Å²) in [7, 11) is 0. The van der Waals surface area contributed by atoms with Crippen LogP contribution in [0.25, 0.3) is 0 Å². The van der Waals surface area contributed by atoms with Crippen molar-refractivity contribution in [1.82, 2.24) is 4.90 Å². The third kappa shape index (κ3) is 6.37. The third-order valence-corrected chi connectivity index (χ3v) is 6.60. The number of benzene rings is 1. The Morgan fingerprint density at radius 2 is 1.56 bits per heavy atom. The fourth-order valence-electron chi connectivity index (χ4n) is 4.96. The summed E-state index contributed by atoms with van der Waals surface area (Å²) in [5.74, 6) is -0.655. The highest BCUT2D eigenvalue weighted by molar-refractivity contribution is 5.89. The summed E-state index contributed by atoms with van der Waals surface area (Å²) in [6.45, 7) is 7.05. The Hall–Kier alpha value is -2.28. The van der Waals surface area contributed by atoms with Crippen molar-refractivity contribution >= 4 is 23.4 Å². The summed E-state index contributed by atoms with van der Waals surface area (Å²) in [5.41, 5.74) is 0.278. The van der Waals surface area contributed by atoms with Gasteiger partial charge in [-0.05, 0) is 58.6 Å². The van der Waals surface area contributed by atoms with E-state index in [4.69, 9.17) is 4.74 Å². The molecule has 0 spiro atoms. The number of carboxylic acid groups (broad SMARTS) is 1. The van der Waals surface area contributed by atoms with Gasteiger partial charge in [0.1, 0.15) is 11.1 Å². The van der Waals surface area contributed by atoms with E-state index >= 15 is 0 Å². The summed E-state index contributed by atoms with van der Waals surface area (Å²) >= 11 is 0. The molecular formula is C25H39N3O4. The third-order valence-electron chi connectivity index (χ3n) is 6.60. The molecule has 1 aliphatic carbocycles. The molecule has 178 valence electrons. The molecule has 32 heavy (non-hydrogen) atoms. The maximum absolute atomic E-state index is 12.4. The highest BCUT2D eigenvalue weighted by Crippen LogP contribution is 2.35. The second kappa shape index (κ2) is 10.6. The zero-order valence-electron chi connectivity index (χ0n) is 19.8.